The zero-order chi connectivity index (χ0) is 19.5. The molecule has 0 atom stereocenters. The third kappa shape index (κ3) is 3.80. The van der Waals surface area contributed by atoms with E-state index >= 15 is 0 Å². The molecule has 138 valence electrons. The van der Waals surface area contributed by atoms with Crippen molar-refractivity contribution in [1.82, 2.24) is 9.97 Å². The zero-order valence-corrected chi connectivity index (χ0v) is 15.4. The van der Waals surface area contributed by atoms with Crippen LogP contribution in [0.2, 0.25) is 5.02 Å². The molecule has 4 aromatic rings. The number of benzene rings is 3. The molecule has 0 bridgehead atoms. The number of aromatic amines is 1. The standard InChI is InChI=1S/C22H15ClN2O3/c23-16-9-5-14(6-10-16)21(26)15-7-11-17(12-8-15)28-13-20-24-19-4-2-1-3-18(19)22(27)25-20/h1-12H,13H2,(H,24,25,27). The molecular weight excluding hydrogens is 376 g/mol. The number of aromatic nitrogens is 2. The molecule has 0 aliphatic heterocycles. The van der Waals surface area contributed by atoms with Crippen molar-refractivity contribution >= 4 is 28.3 Å². The second kappa shape index (κ2) is 7.66. The van der Waals surface area contributed by atoms with Gasteiger partial charge in [0.1, 0.15) is 18.2 Å². The third-order valence-electron chi connectivity index (χ3n) is 4.26. The maximum absolute atomic E-state index is 12.5. The van der Waals surface area contributed by atoms with Crippen molar-refractivity contribution in [3.8, 4) is 5.75 Å². The van der Waals surface area contributed by atoms with Gasteiger partial charge in [0.15, 0.2) is 5.78 Å². The first-order valence-corrected chi connectivity index (χ1v) is 8.99. The number of carbonyl (C=O) groups excluding carboxylic acids is 1. The van der Waals surface area contributed by atoms with Gasteiger partial charge in [-0.05, 0) is 60.7 Å². The molecule has 28 heavy (non-hydrogen) atoms. The first-order valence-electron chi connectivity index (χ1n) is 8.61. The van der Waals surface area contributed by atoms with Crippen molar-refractivity contribution in [3.05, 3.63) is 105 Å². The molecule has 4 rings (SSSR count). The van der Waals surface area contributed by atoms with Crippen LogP contribution in [0.5, 0.6) is 5.75 Å². The van der Waals surface area contributed by atoms with Crippen LogP contribution in [0.1, 0.15) is 21.7 Å². The Kier molecular flexibility index (Phi) is 4.91. The predicted octanol–water partition coefficient (Wildman–Crippen LogP) is 4.39. The van der Waals surface area contributed by atoms with Crippen molar-refractivity contribution in [3.63, 3.8) is 0 Å². The van der Waals surface area contributed by atoms with Crippen LogP contribution in [0, 0.1) is 0 Å². The first kappa shape index (κ1) is 17.9. The minimum atomic E-state index is -0.201. The summed E-state index contributed by atoms with van der Waals surface area (Å²) in [6, 6.07) is 20.7. The van der Waals surface area contributed by atoms with Crippen molar-refractivity contribution in [2.45, 2.75) is 6.61 Å². The lowest BCUT2D eigenvalue weighted by Crippen LogP contribution is -2.13. The molecule has 1 N–H and O–H groups in total. The lowest BCUT2D eigenvalue weighted by molar-refractivity contribution is 0.103. The topological polar surface area (TPSA) is 72.0 Å². The summed E-state index contributed by atoms with van der Waals surface area (Å²) in [6.07, 6.45) is 0. The van der Waals surface area contributed by atoms with E-state index in [1.54, 1.807) is 66.7 Å². The molecule has 0 saturated heterocycles. The Morgan fingerprint density at radius 3 is 2.29 bits per heavy atom. The van der Waals surface area contributed by atoms with Gasteiger partial charge < -0.3 is 9.72 Å². The Balaban J connectivity index is 1.47. The number of para-hydroxylation sites is 1. The Hall–Kier alpha value is -3.44. The fourth-order valence-corrected chi connectivity index (χ4v) is 2.95. The highest BCUT2D eigenvalue weighted by Gasteiger charge is 2.09. The highest BCUT2D eigenvalue weighted by molar-refractivity contribution is 6.30. The van der Waals surface area contributed by atoms with Gasteiger partial charge in [-0.3, -0.25) is 9.59 Å². The Bertz CT molecular complexity index is 1200. The minimum Gasteiger partial charge on any atom is -0.486 e. The van der Waals surface area contributed by atoms with E-state index in [-0.39, 0.29) is 17.9 Å². The number of fused-ring (bicyclic) bond motifs is 1. The van der Waals surface area contributed by atoms with Gasteiger partial charge in [0.2, 0.25) is 0 Å². The second-order valence-corrected chi connectivity index (χ2v) is 6.62. The van der Waals surface area contributed by atoms with Crippen LogP contribution in [0.4, 0.5) is 0 Å². The van der Waals surface area contributed by atoms with Crippen LogP contribution in [0.15, 0.2) is 77.6 Å². The molecule has 0 spiro atoms. The summed E-state index contributed by atoms with van der Waals surface area (Å²) < 4.78 is 5.69. The number of nitrogens with one attached hydrogen (secondary N) is 1. The summed E-state index contributed by atoms with van der Waals surface area (Å²) in [7, 11) is 0. The molecule has 0 aliphatic carbocycles. The van der Waals surface area contributed by atoms with Gasteiger partial charge in [-0.15, -0.1) is 0 Å². The Morgan fingerprint density at radius 2 is 1.57 bits per heavy atom. The van der Waals surface area contributed by atoms with E-state index in [1.807, 2.05) is 6.07 Å². The zero-order valence-electron chi connectivity index (χ0n) is 14.7. The van der Waals surface area contributed by atoms with Crippen LogP contribution in [0.3, 0.4) is 0 Å². The van der Waals surface area contributed by atoms with Crippen LogP contribution in [0.25, 0.3) is 10.9 Å². The molecule has 1 heterocycles. The third-order valence-corrected chi connectivity index (χ3v) is 4.51. The lowest BCUT2D eigenvalue weighted by Gasteiger charge is -2.07. The van der Waals surface area contributed by atoms with Crippen molar-refractivity contribution in [1.29, 1.82) is 0 Å². The fourth-order valence-electron chi connectivity index (χ4n) is 2.83. The number of halogens is 1. The molecule has 0 unspecified atom stereocenters. The van der Waals surface area contributed by atoms with Crippen molar-refractivity contribution < 1.29 is 9.53 Å². The molecule has 3 aromatic carbocycles. The number of ketones is 1. The van der Waals surface area contributed by atoms with Crippen LogP contribution < -0.4 is 10.3 Å². The van der Waals surface area contributed by atoms with E-state index in [9.17, 15) is 9.59 Å². The summed E-state index contributed by atoms with van der Waals surface area (Å²) in [5.74, 6) is 0.914. The molecule has 5 nitrogen and oxygen atoms in total. The van der Waals surface area contributed by atoms with Gasteiger partial charge in [-0.2, -0.15) is 0 Å². The number of nitrogens with zero attached hydrogens (tertiary/aromatic N) is 1. The molecule has 0 fully saturated rings. The van der Waals surface area contributed by atoms with Gasteiger partial charge in [0, 0.05) is 16.1 Å². The van der Waals surface area contributed by atoms with E-state index < -0.39 is 0 Å². The summed E-state index contributed by atoms with van der Waals surface area (Å²) in [4.78, 5) is 31.7. The molecule has 6 heteroatoms. The van der Waals surface area contributed by atoms with Gasteiger partial charge >= 0.3 is 0 Å². The largest absolute Gasteiger partial charge is 0.486 e. The quantitative estimate of drug-likeness (QED) is 0.513. The number of hydrogen-bond acceptors (Lipinski definition) is 4. The smallest absolute Gasteiger partial charge is 0.258 e. The molecule has 0 saturated carbocycles. The number of H-pyrrole nitrogens is 1. The predicted molar refractivity (Wildman–Crippen MR) is 108 cm³/mol. The highest BCUT2D eigenvalue weighted by Crippen LogP contribution is 2.18. The fraction of sp³-hybridized carbons (Fsp3) is 0.0455. The summed E-state index contributed by atoms with van der Waals surface area (Å²) >= 11 is 5.86. The van der Waals surface area contributed by atoms with E-state index in [0.29, 0.717) is 38.6 Å². The van der Waals surface area contributed by atoms with E-state index in [1.165, 1.54) is 0 Å². The SMILES string of the molecule is O=C(c1ccc(Cl)cc1)c1ccc(OCc2nc3ccccc3c(=O)[nH]2)cc1. The number of ether oxygens (including phenoxy) is 1. The first-order chi connectivity index (χ1) is 13.6. The molecule has 0 amide bonds. The lowest BCUT2D eigenvalue weighted by atomic mass is 10.0. The summed E-state index contributed by atoms with van der Waals surface area (Å²) in [5, 5.41) is 1.12. The van der Waals surface area contributed by atoms with Gasteiger partial charge in [0.05, 0.1) is 10.9 Å². The maximum atomic E-state index is 12.5. The second-order valence-electron chi connectivity index (χ2n) is 6.18. The normalized spacial score (nSPS) is 10.8. The number of carbonyl (C=O) groups is 1. The van der Waals surface area contributed by atoms with Crippen molar-refractivity contribution in [2.75, 3.05) is 0 Å². The Morgan fingerprint density at radius 1 is 0.929 bits per heavy atom. The number of rotatable bonds is 5. The molecule has 0 radical (unpaired) electrons. The van der Waals surface area contributed by atoms with Crippen molar-refractivity contribution in [2.24, 2.45) is 0 Å². The van der Waals surface area contributed by atoms with E-state index in [4.69, 9.17) is 16.3 Å². The maximum Gasteiger partial charge on any atom is 0.258 e. The van der Waals surface area contributed by atoms with Crippen LogP contribution in [-0.4, -0.2) is 15.8 Å². The molecule has 1 aromatic heterocycles. The van der Waals surface area contributed by atoms with Gasteiger partial charge in [0.25, 0.3) is 5.56 Å². The average molecular weight is 391 g/mol. The molecule has 0 aliphatic rings. The highest BCUT2D eigenvalue weighted by atomic mass is 35.5. The summed E-state index contributed by atoms with van der Waals surface area (Å²) in [5.41, 5.74) is 1.53. The van der Waals surface area contributed by atoms with Gasteiger partial charge in [-0.25, -0.2) is 4.98 Å². The minimum absolute atomic E-state index is 0.0938. The average Bonchev–Trinajstić information content (AvgIpc) is 2.73. The summed E-state index contributed by atoms with van der Waals surface area (Å²) in [6.45, 7) is 0.116. The van der Waals surface area contributed by atoms with E-state index in [2.05, 4.69) is 9.97 Å². The Labute approximate surface area is 165 Å². The number of hydrogen-bond donors (Lipinski definition) is 1. The molecular formula is C22H15ClN2O3. The van der Waals surface area contributed by atoms with Crippen LogP contribution >= 0.6 is 11.6 Å². The van der Waals surface area contributed by atoms with Crippen LogP contribution in [-0.2, 0) is 6.61 Å². The van der Waals surface area contributed by atoms with E-state index in [0.717, 1.165) is 0 Å². The van der Waals surface area contributed by atoms with Gasteiger partial charge in [-0.1, -0.05) is 23.7 Å². The monoisotopic (exact) mass is 390 g/mol.